The van der Waals surface area contributed by atoms with Crippen molar-refractivity contribution < 1.29 is 0 Å². The van der Waals surface area contributed by atoms with Crippen molar-refractivity contribution in [2.45, 2.75) is 315 Å². The van der Waals surface area contributed by atoms with Gasteiger partial charge in [0.2, 0.25) is 0 Å². The molecule has 0 amide bonds. The molecule has 4 heteroatoms. The van der Waals surface area contributed by atoms with Crippen LogP contribution in [0.2, 0.25) is 0 Å². The zero-order valence-electron chi connectivity index (χ0n) is 86.1. The zero-order valence-corrected chi connectivity index (χ0v) is 92.4. The molecule has 0 heterocycles. The SMILES string of the molecule is C.C.C.C.C.C.C.C.CCc1cc(C)c(C)c(C)c1.Cc1c(C)c(Br)c(-c2c(Br)c(C)c(C)c(C)c2Br)c(Br)c1C.Cc1cc(-c2cc(C)c(C)c(C)c2)cc(C)c1C.Cc1cc(C)c(C)c(C)c1.Cc1ccc(-c2ccc(C)c(C)c2)cc1C.Cc1ccc(-c2ccc(C)cc2)cc1.Cc1ccc(C)c(C)c1.Cc1ccc(C)cc1.Cc1ccc(Cc2ccc(C)cc2)cc1.Cc1cccc(C)c1. The predicted molar refractivity (Wildman–Crippen MR) is 650 cm³/mol. The van der Waals surface area contributed by atoms with Gasteiger partial charge in [0.25, 0.3) is 0 Å². The molecule has 15 rings (SSSR count). The van der Waals surface area contributed by atoms with Gasteiger partial charge in [0.05, 0.1) is 0 Å². The number of hydrogen-bond donors (Lipinski definition) is 0. The third-order valence-electron chi connectivity index (χ3n) is 25.8. The maximum atomic E-state index is 3.82. The highest BCUT2D eigenvalue weighted by Gasteiger charge is 2.24. The van der Waals surface area contributed by atoms with Crippen molar-refractivity contribution in [2.24, 2.45) is 0 Å². The second-order valence-corrected chi connectivity index (χ2v) is 40.0. The lowest BCUT2D eigenvalue weighted by molar-refractivity contribution is 1.11. The molecule has 0 unspecified atom stereocenters. The molecule has 139 heavy (non-hydrogen) atoms. The molecule has 0 saturated carbocycles. The van der Waals surface area contributed by atoms with Crippen molar-refractivity contribution in [2.75, 3.05) is 0 Å². The number of halogens is 4. The van der Waals surface area contributed by atoms with E-state index in [1.165, 1.54) is 250 Å². The Morgan fingerprint density at radius 3 is 0.590 bits per heavy atom. The van der Waals surface area contributed by atoms with Crippen LogP contribution in [0, 0.1) is 235 Å². The van der Waals surface area contributed by atoms with E-state index in [0.717, 1.165) is 30.7 Å². The summed E-state index contributed by atoms with van der Waals surface area (Å²) in [7, 11) is 0. The second kappa shape index (κ2) is 63.9. The predicted octanol–water partition coefficient (Wildman–Crippen LogP) is 44.3. The first-order chi connectivity index (χ1) is 61.6. The van der Waals surface area contributed by atoms with Crippen LogP contribution >= 0.6 is 63.7 Å². The van der Waals surface area contributed by atoms with E-state index in [1.807, 2.05) is 0 Å². The van der Waals surface area contributed by atoms with Crippen molar-refractivity contribution in [3.8, 4) is 44.5 Å². The maximum absolute atomic E-state index is 3.82. The van der Waals surface area contributed by atoms with Crippen LogP contribution in [0.1, 0.15) is 272 Å². The standard InChI is InChI=1S/C18H18Br4.C18H22.C16H18.C15H16.C14H14.C11H16.C10H14.C9H12.2C8H10.8CH4/c1-7-9(3)15(19)13(16(20)10(7)4)14-17(21)11(5)8(2)12(6)18(14)22;1-11-7-17(8-12(2)15(11)5)18-9-13(3)16(6)14(4)10-18;1-11-5-7-15(9-13(11)3)16-8-6-12(2)14(4)10-16;1-12-3-7-14(8-4-12)11-15-9-5-13(2)6-10-15;1-11-3-7-13(8-4-11)14-9-5-12(2)6-10-14;1-5-11-6-8(2)10(4)9(3)7-11;1-7-5-8(2)10(4)9(3)6-7;1-7-4-5-8(2)9(3)6-7;1-7-3-5-8(2)6-4-7;1-7-4-3-5-8(2)6-7;;;;;;;;/h1-6H3;7-10H,1-6H3;5-10H,1-4H3;3-10H,11H2,1-2H3;3-10H,1-2H3;6-7H,5H2,1-4H3;5-6H,1-4H3;4-6H,1-3H3;2*3-6H,1-2H3;8*1H4. The number of benzene rings is 15. The molecular formula is C135H182Br4. The van der Waals surface area contributed by atoms with Gasteiger partial charge in [0.15, 0.2) is 0 Å². The van der Waals surface area contributed by atoms with Gasteiger partial charge in [-0.1, -0.05) is 371 Å². The molecule has 0 aliphatic heterocycles. The van der Waals surface area contributed by atoms with Crippen LogP contribution in [0.15, 0.2) is 267 Å². The largest absolute Gasteiger partial charge is 0.0776 e. The Bertz CT molecular complexity index is 5830. The van der Waals surface area contributed by atoms with E-state index >= 15 is 0 Å². The molecule has 0 spiro atoms. The monoisotopic (exact) mass is 2120 g/mol. The minimum absolute atomic E-state index is 0. The lowest BCUT2D eigenvalue weighted by Crippen LogP contribution is -1.99. The van der Waals surface area contributed by atoms with Crippen LogP contribution < -0.4 is 0 Å². The summed E-state index contributed by atoms with van der Waals surface area (Å²) >= 11 is 15.3. The van der Waals surface area contributed by atoms with Crippen molar-refractivity contribution in [1.82, 2.24) is 0 Å². The zero-order chi connectivity index (χ0) is 97.7. The van der Waals surface area contributed by atoms with Gasteiger partial charge >= 0.3 is 0 Å². The molecular weight excluding hydrogens is 1940 g/mol. The van der Waals surface area contributed by atoms with Gasteiger partial charge in [-0.15, -0.1) is 0 Å². The smallest absolute Gasteiger partial charge is 0.0297 e. The first-order valence-electron chi connectivity index (χ1n) is 46.3. The van der Waals surface area contributed by atoms with Gasteiger partial charge in [-0.25, -0.2) is 0 Å². The molecule has 15 aromatic rings. The highest BCUT2D eigenvalue weighted by molar-refractivity contribution is 9.11. The summed E-state index contributed by atoms with van der Waals surface area (Å²) < 4.78 is 4.58. The Kier molecular flexibility index (Phi) is 61.3. The molecule has 0 saturated heterocycles. The first-order valence-corrected chi connectivity index (χ1v) is 49.5. The molecule has 0 atom stereocenters. The average Bonchev–Trinajstić information content (AvgIpc) is 0.748. The highest BCUT2D eigenvalue weighted by Crippen LogP contribution is 2.49. The van der Waals surface area contributed by atoms with Crippen LogP contribution in [0.5, 0.6) is 0 Å². The van der Waals surface area contributed by atoms with Gasteiger partial charge in [-0.2, -0.15) is 0 Å². The topological polar surface area (TPSA) is 0 Å². The fourth-order valence-electron chi connectivity index (χ4n) is 14.9. The minimum atomic E-state index is 0. The lowest BCUT2D eigenvalue weighted by atomic mass is 9.92. The summed E-state index contributed by atoms with van der Waals surface area (Å²) in [6, 6.07) is 89.7. The molecule has 750 valence electrons. The normalized spacial score (nSPS) is 9.72. The second-order valence-electron chi connectivity index (χ2n) is 36.8. The van der Waals surface area contributed by atoms with E-state index in [1.54, 1.807) is 0 Å². The van der Waals surface area contributed by atoms with E-state index in [0.29, 0.717) is 0 Å². The molecule has 0 aliphatic rings. The van der Waals surface area contributed by atoms with Gasteiger partial charge in [-0.05, 0) is 496 Å². The van der Waals surface area contributed by atoms with Gasteiger partial charge in [-0.3, -0.25) is 0 Å². The van der Waals surface area contributed by atoms with Crippen LogP contribution in [0.25, 0.3) is 44.5 Å². The number of aryl methyl sites for hydroxylation is 25. The minimum Gasteiger partial charge on any atom is -0.0776 e. The Labute approximate surface area is 887 Å². The van der Waals surface area contributed by atoms with Crippen molar-refractivity contribution >= 4 is 63.7 Å². The lowest BCUT2D eigenvalue weighted by Gasteiger charge is -2.22. The maximum Gasteiger partial charge on any atom is 0.0297 e. The molecule has 0 nitrogen and oxygen atoms in total. The molecule has 0 fully saturated rings. The fourth-order valence-corrected chi connectivity index (χ4v) is 18.2. The summed E-state index contributed by atoms with van der Waals surface area (Å²) in [6.07, 6.45) is 2.17. The van der Waals surface area contributed by atoms with E-state index < -0.39 is 0 Å². The van der Waals surface area contributed by atoms with Crippen LogP contribution in [0.3, 0.4) is 0 Å². The molecule has 0 aliphatic carbocycles. The Morgan fingerprint density at radius 2 is 0.353 bits per heavy atom. The van der Waals surface area contributed by atoms with Crippen LogP contribution in [-0.2, 0) is 12.8 Å². The van der Waals surface area contributed by atoms with E-state index in [-0.39, 0.29) is 59.4 Å². The Morgan fingerprint density at radius 1 is 0.151 bits per heavy atom. The van der Waals surface area contributed by atoms with Gasteiger partial charge < -0.3 is 0 Å². The summed E-state index contributed by atoms with van der Waals surface area (Å²) in [5.74, 6) is 0. The molecule has 0 N–H and O–H groups in total. The third-order valence-corrected chi connectivity index (χ3v) is 29.8. The highest BCUT2D eigenvalue weighted by atomic mass is 79.9. The summed E-state index contributed by atoms with van der Waals surface area (Å²) in [5.41, 5.74) is 60.5. The van der Waals surface area contributed by atoms with Crippen molar-refractivity contribution in [3.63, 3.8) is 0 Å². The fraction of sp³-hybridized carbons (Fsp3) is 0.333. The summed E-state index contributed by atoms with van der Waals surface area (Å²) in [6.45, 7) is 75.4. The van der Waals surface area contributed by atoms with Crippen molar-refractivity contribution in [3.05, 3.63) is 472 Å². The van der Waals surface area contributed by atoms with Crippen LogP contribution in [0.4, 0.5) is 0 Å². The van der Waals surface area contributed by atoms with E-state index in [2.05, 4.69) is 555 Å². The number of hydrogen-bond acceptors (Lipinski definition) is 0. The molecule has 0 radical (unpaired) electrons. The summed E-state index contributed by atoms with van der Waals surface area (Å²) in [5, 5.41) is 0. The van der Waals surface area contributed by atoms with E-state index in [9.17, 15) is 0 Å². The third kappa shape index (κ3) is 41.0. The van der Waals surface area contributed by atoms with Crippen molar-refractivity contribution in [1.29, 1.82) is 0 Å². The molecule has 0 aromatic heterocycles. The molecule has 0 bridgehead atoms. The van der Waals surface area contributed by atoms with E-state index in [4.69, 9.17) is 0 Å². The summed E-state index contributed by atoms with van der Waals surface area (Å²) in [4.78, 5) is 0. The Hall–Kier alpha value is -9.78. The number of rotatable bonds is 7. The average molecular weight is 2120 g/mol. The first kappa shape index (κ1) is 133. The molecule has 15 aromatic carbocycles. The Balaban J connectivity index is -0.00000149. The van der Waals surface area contributed by atoms with Gasteiger partial charge in [0.1, 0.15) is 0 Å². The quantitative estimate of drug-likeness (QED) is 0.149. The van der Waals surface area contributed by atoms with Crippen LogP contribution in [-0.4, -0.2) is 0 Å². The van der Waals surface area contributed by atoms with Gasteiger partial charge in [0, 0.05) is 29.0 Å².